The molecule has 2 aromatic rings. The van der Waals surface area contributed by atoms with Gasteiger partial charge in [0.2, 0.25) is 0 Å². The minimum absolute atomic E-state index is 0.0682. The molecule has 1 aliphatic carbocycles. The van der Waals surface area contributed by atoms with Gasteiger partial charge in [0.25, 0.3) is 0 Å². The predicted octanol–water partition coefficient (Wildman–Crippen LogP) is 4.71. The number of hydrogen-bond acceptors (Lipinski definition) is 2. The number of furan rings is 1. The van der Waals surface area contributed by atoms with Crippen molar-refractivity contribution >= 4 is 0 Å². The van der Waals surface area contributed by atoms with Crippen molar-refractivity contribution in [3.8, 4) is 0 Å². The summed E-state index contributed by atoms with van der Waals surface area (Å²) in [5.74, 6) is 2.57. The van der Waals surface area contributed by atoms with Gasteiger partial charge >= 0.3 is 0 Å². The highest BCUT2D eigenvalue weighted by molar-refractivity contribution is 5.36. The van der Waals surface area contributed by atoms with Gasteiger partial charge in [-0.3, -0.25) is 0 Å². The number of rotatable bonds is 3. The van der Waals surface area contributed by atoms with Crippen molar-refractivity contribution in [2.45, 2.75) is 58.4 Å². The van der Waals surface area contributed by atoms with Gasteiger partial charge in [0, 0.05) is 11.6 Å². The second kappa shape index (κ2) is 5.69. The fourth-order valence-electron chi connectivity index (χ4n) is 3.88. The summed E-state index contributed by atoms with van der Waals surface area (Å²) in [5.41, 5.74) is 12.0. The van der Waals surface area contributed by atoms with Crippen molar-refractivity contribution in [3.63, 3.8) is 0 Å². The Morgan fingerprint density at radius 1 is 1.19 bits per heavy atom. The molecule has 2 N–H and O–H groups in total. The van der Waals surface area contributed by atoms with Crippen LogP contribution < -0.4 is 5.73 Å². The van der Waals surface area contributed by atoms with Crippen molar-refractivity contribution in [3.05, 3.63) is 58.0 Å². The third kappa shape index (κ3) is 2.65. The first-order valence-corrected chi connectivity index (χ1v) is 7.97. The molecular formula is C19H25NO. The summed E-state index contributed by atoms with van der Waals surface area (Å²) >= 11 is 0. The van der Waals surface area contributed by atoms with Crippen molar-refractivity contribution < 1.29 is 4.42 Å². The Balaban J connectivity index is 1.84. The lowest BCUT2D eigenvalue weighted by molar-refractivity contribution is 0.463. The fraction of sp³-hybridized carbons (Fsp3) is 0.474. The van der Waals surface area contributed by atoms with Crippen molar-refractivity contribution in [2.24, 2.45) is 5.73 Å². The van der Waals surface area contributed by atoms with E-state index in [0.29, 0.717) is 5.92 Å². The van der Waals surface area contributed by atoms with E-state index in [1.54, 1.807) is 0 Å². The van der Waals surface area contributed by atoms with Gasteiger partial charge in [0.05, 0.1) is 0 Å². The van der Waals surface area contributed by atoms with Crippen LogP contribution in [0, 0.1) is 20.8 Å². The van der Waals surface area contributed by atoms with Gasteiger partial charge in [-0.2, -0.15) is 0 Å². The van der Waals surface area contributed by atoms with E-state index in [9.17, 15) is 0 Å². The maximum Gasteiger partial charge on any atom is 0.106 e. The standard InChI is InChI=1S/C19H25NO/c1-12-13(2)21-14(3)19(12)18(20)11-16-9-6-8-15-7-4-5-10-17(15)16/h4-5,7,10,16,18H,6,8-9,11,20H2,1-3H3. The summed E-state index contributed by atoms with van der Waals surface area (Å²) in [4.78, 5) is 0. The highest BCUT2D eigenvalue weighted by atomic mass is 16.3. The van der Waals surface area contributed by atoms with Gasteiger partial charge in [0.1, 0.15) is 11.5 Å². The lowest BCUT2D eigenvalue weighted by atomic mass is 9.78. The van der Waals surface area contributed by atoms with Crippen LogP contribution in [0.3, 0.4) is 0 Å². The molecule has 0 fully saturated rings. The molecule has 1 aliphatic rings. The second-order valence-electron chi connectivity index (χ2n) is 6.38. The van der Waals surface area contributed by atoms with E-state index in [-0.39, 0.29) is 6.04 Å². The van der Waals surface area contributed by atoms with Crippen LogP contribution in [0.15, 0.2) is 28.7 Å². The molecule has 1 aromatic heterocycles. The summed E-state index contributed by atoms with van der Waals surface area (Å²) in [7, 11) is 0. The third-order valence-electron chi connectivity index (χ3n) is 5.02. The molecule has 0 saturated heterocycles. The number of fused-ring (bicyclic) bond motifs is 1. The van der Waals surface area contributed by atoms with Crippen LogP contribution in [-0.4, -0.2) is 0 Å². The van der Waals surface area contributed by atoms with Gasteiger partial charge in [-0.25, -0.2) is 0 Å². The van der Waals surface area contributed by atoms with Crippen LogP contribution >= 0.6 is 0 Å². The van der Waals surface area contributed by atoms with Crippen LogP contribution in [0.2, 0.25) is 0 Å². The van der Waals surface area contributed by atoms with Crippen LogP contribution in [0.4, 0.5) is 0 Å². The highest BCUT2D eigenvalue weighted by Gasteiger charge is 2.25. The van der Waals surface area contributed by atoms with E-state index in [4.69, 9.17) is 10.2 Å². The zero-order valence-corrected chi connectivity index (χ0v) is 13.3. The molecule has 0 aliphatic heterocycles. The summed E-state index contributed by atoms with van der Waals surface area (Å²) in [6, 6.07) is 8.92. The number of benzene rings is 1. The second-order valence-corrected chi connectivity index (χ2v) is 6.38. The SMILES string of the molecule is Cc1oc(C)c(C(N)CC2CCCc3ccccc32)c1C. The first kappa shape index (κ1) is 14.4. The molecule has 1 heterocycles. The maximum atomic E-state index is 6.54. The molecule has 0 radical (unpaired) electrons. The molecule has 2 atom stereocenters. The van der Waals surface area contributed by atoms with Crippen molar-refractivity contribution in [1.82, 2.24) is 0 Å². The highest BCUT2D eigenvalue weighted by Crippen LogP contribution is 2.38. The van der Waals surface area contributed by atoms with Crippen LogP contribution in [0.25, 0.3) is 0 Å². The Labute approximate surface area is 127 Å². The molecule has 0 saturated carbocycles. The first-order chi connectivity index (χ1) is 10.1. The Hall–Kier alpha value is -1.54. The van der Waals surface area contributed by atoms with Gasteiger partial charge < -0.3 is 10.2 Å². The molecule has 112 valence electrons. The molecule has 0 amide bonds. The average molecular weight is 283 g/mol. The third-order valence-corrected chi connectivity index (χ3v) is 5.02. The predicted molar refractivity (Wildman–Crippen MR) is 86.6 cm³/mol. The quantitative estimate of drug-likeness (QED) is 0.885. The van der Waals surface area contributed by atoms with Crippen molar-refractivity contribution in [1.29, 1.82) is 0 Å². The number of nitrogens with two attached hydrogens (primary N) is 1. The fourth-order valence-corrected chi connectivity index (χ4v) is 3.88. The van der Waals surface area contributed by atoms with Crippen LogP contribution in [0.1, 0.15) is 65.0 Å². The molecule has 2 heteroatoms. The summed E-state index contributed by atoms with van der Waals surface area (Å²) < 4.78 is 5.75. The normalized spacial score (nSPS) is 19.3. The Morgan fingerprint density at radius 3 is 2.67 bits per heavy atom. The Bertz CT molecular complexity index is 641. The molecule has 0 bridgehead atoms. The summed E-state index contributed by atoms with van der Waals surface area (Å²) in [5, 5.41) is 0. The molecule has 21 heavy (non-hydrogen) atoms. The molecule has 2 nitrogen and oxygen atoms in total. The smallest absolute Gasteiger partial charge is 0.106 e. The van der Waals surface area contributed by atoms with Gasteiger partial charge in [-0.15, -0.1) is 0 Å². The number of aryl methyl sites for hydroxylation is 3. The van der Waals surface area contributed by atoms with Gasteiger partial charge in [-0.05, 0) is 69.1 Å². The first-order valence-electron chi connectivity index (χ1n) is 7.97. The maximum absolute atomic E-state index is 6.54. The van der Waals surface area contributed by atoms with Crippen molar-refractivity contribution in [2.75, 3.05) is 0 Å². The minimum atomic E-state index is 0.0682. The van der Waals surface area contributed by atoms with E-state index in [1.807, 2.05) is 13.8 Å². The van der Waals surface area contributed by atoms with E-state index in [1.165, 1.54) is 41.5 Å². The monoisotopic (exact) mass is 283 g/mol. The van der Waals surface area contributed by atoms with Gasteiger partial charge in [0.15, 0.2) is 0 Å². The van der Waals surface area contributed by atoms with E-state index >= 15 is 0 Å². The largest absolute Gasteiger partial charge is 0.466 e. The van der Waals surface area contributed by atoms with E-state index in [0.717, 1.165) is 17.9 Å². The summed E-state index contributed by atoms with van der Waals surface area (Å²) in [6.07, 6.45) is 4.75. The lowest BCUT2D eigenvalue weighted by Gasteiger charge is -2.28. The van der Waals surface area contributed by atoms with E-state index in [2.05, 4.69) is 31.2 Å². The Kier molecular flexibility index (Phi) is 3.90. The molecule has 2 unspecified atom stereocenters. The molecule has 0 spiro atoms. The van der Waals surface area contributed by atoms with Crippen LogP contribution in [0.5, 0.6) is 0 Å². The zero-order chi connectivity index (χ0) is 15.0. The minimum Gasteiger partial charge on any atom is -0.466 e. The zero-order valence-electron chi connectivity index (χ0n) is 13.3. The van der Waals surface area contributed by atoms with Crippen LogP contribution in [-0.2, 0) is 6.42 Å². The van der Waals surface area contributed by atoms with Gasteiger partial charge in [-0.1, -0.05) is 24.3 Å². The topological polar surface area (TPSA) is 39.2 Å². The average Bonchev–Trinajstić information content (AvgIpc) is 2.72. The molecule has 1 aromatic carbocycles. The summed E-state index contributed by atoms with van der Waals surface area (Å²) in [6.45, 7) is 6.17. The number of hydrogen-bond donors (Lipinski definition) is 1. The lowest BCUT2D eigenvalue weighted by Crippen LogP contribution is -2.19. The Morgan fingerprint density at radius 2 is 1.95 bits per heavy atom. The van der Waals surface area contributed by atoms with E-state index < -0.39 is 0 Å². The molecular weight excluding hydrogens is 258 g/mol. The molecule has 3 rings (SSSR count).